The Bertz CT molecular complexity index is 626. The van der Waals surface area contributed by atoms with Gasteiger partial charge < -0.3 is 10.8 Å². The molecule has 0 atom stereocenters. The number of nitrogens with two attached hydrogens (primary N) is 1. The Morgan fingerprint density at radius 3 is 2.67 bits per heavy atom. The van der Waals surface area contributed by atoms with E-state index in [0.717, 1.165) is 0 Å². The molecule has 0 fully saturated rings. The van der Waals surface area contributed by atoms with Crippen molar-refractivity contribution in [3.8, 4) is 11.8 Å². The van der Waals surface area contributed by atoms with Crippen molar-refractivity contribution in [2.45, 2.75) is 6.42 Å². The van der Waals surface area contributed by atoms with Gasteiger partial charge in [0.1, 0.15) is 17.5 Å². The minimum atomic E-state index is -1.05. The van der Waals surface area contributed by atoms with Crippen LogP contribution in [0, 0.1) is 11.3 Å². The van der Waals surface area contributed by atoms with Crippen LogP contribution in [-0.4, -0.2) is 20.9 Å². The normalized spacial score (nSPS) is 9.94. The maximum Gasteiger partial charge on any atom is 0.309 e. The molecule has 1 aromatic heterocycles. The van der Waals surface area contributed by atoms with Crippen LogP contribution in [0.4, 0.5) is 5.82 Å². The molecule has 0 saturated heterocycles. The van der Waals surface area contributed by atoms with Crippen molar-refractivity contribution in [1.29, 1.82) is 5.26 Å². The van der Waals surface area contributed by atoms with Crippen LogP contribution in [-0.2, 0) is 11.2 Å². The van der Waals surface area contributed by atoms with Crippen molar-refractivity contribution in [3.63, 3.8) is 0 Å². The first-order valence-electron chi connectivity index (χ1n) is 5.18. The van der Waals surface area contributed by atoms with Gasteiger partial charge in [0.2, 0.25) is 0 Å². The number of hydrogen-bond donors (Lipinski definition) is 2. The second-order valence-corrected chi connectivity index (χ2v) is 3.64. The topological polar surface area (TPSA) is 105 Å². The molecule has 2 rings (SSSR count). The quantitative estimate of drug-likeness (QED) is 0.833. The summed E-state index contributed by atoms with van der Waals surface area (Å²) in [6, 6.07) is 10.9. The lowest BCUT2D eigenvalue weighted by atomic mass is 10.2. The molecular weight excluding hydrogens is 232 g/mol. The molecule has 0 saturated carbocycles. The third-order valence-electron chi connectivity index (χ3n) is 2.42. The number of aromatic nitrogens is 2. The highest BCUT2D eigenvalue weighted by molar-refractivity contribution is 5.72. The lowest BCUT2D eigenvalue weighted by Gasteiger charge is -2.02. The second kappa shape index (κ2) is 4.59. The Morgan fingerprint density at radius 1 is 1.44 bits per heavy atom. The van der Waals surface area contributed by atoms with Gasteiger partial charge >= 0.3 is 5.97 Å². The highest BCUT2D eigenvalue weighted by atomic mass is 16.4. The first kappa shape index (κ1) is 11.7. The van der Waals surface area contributed by atoms with E-state index < -0.39 is 5.97 Å². The maximum atomic E-state index is 10.7. The van der Waals surface area contributed by atoms with E-state index in [0.29, 0.717) is 5.69 Å². The Hall–Kier alpha value is -2.81. The minimum Gasteiger partial charge on any atom is -0.481 e. The van der Waals surface area contributed by atoms with Crippen LogP contribution < -0.4 is 5.73 Å². The van der Waals surface area contributed by atoms with Crippen LogP contribution >= 0.6 is 0 Å². The number of benzene rings is 1. The highest BCUT2D eigenvalue weighted by Crippen LogP contribution is 2.20. The molecule has 2 aromatic rings. The van der Waals surface area contributed by atoms with Gasteiger partial charge in [-0.2, -0.15) is 10.4 Å². The zero-order valence-electron chi connectivity index (χ0n) is 9.37. The molecule has 0 aliphatic heterocycles. The molecule has 1 aromatic carbocycles. The Labute approximate surface area is 103 Å². The summed E-state index contributed by atoms with van der Waals surface area (Å²) in [5.74, 6) is -0.899. The fraction of sp³-hybridized carbons (Fsp3) is 0.0833. The predicted molar refractivity (Wildman–Crippen MR) is 64.0 cm³/mol. The van der Waals surface area contributed by atoms with Crippen molar-refractivity contribution in [2.24, 2.45) is 0 Å². The van der Waals surface area contributed by atoms with Crippen LogP contribution in [0.3, 0.4) is 0 Å². The van der Waals surface area contributed by atoms with E-state index in [-0.39, 0.29) is 23.5 Å². The number of carbonyl (C=O) groups is 1. The minimum absolute atomic E-state index is 0.112. The van der Waals surface area contributed by atoms with Gasteiger partial charge in [-0.25, -0.2) is 4.68 Å². The largest absolute Gasteiger partial charge is 0.481 e. The van der Waals surface area contributed by atoms with Gasteiger partial charge in [-0.05, 0) is 12.1 Å². The number of nitrogens with zero attached hydrogens (tertiary/aromatic N) is 3. The van der Waals surface area contributed by atoms with Gasteiger partial charge in [0.25, 0.3) is 0 Å². The molecule has 0 radical (unpaired) electrons. The fourth-order valence-electron chi connectivity index (χ4n) is 1.63. The third-order valence-corrected chi connectivity index (χ3v) is 2.42. The zero-order valence-corrected chi connectivity index (χ0v) is 9.37. The van der Waals surface area contributed by atoms with E-state index in [9.17, 15) is 4.79 Å². The SMILES string of the molecule is N#Cc1c(CC(=O)O)nn(-c2ccccc2)c1N. The number of anilines is 1. The number of carboxylic acid groups (broad SMARTS) is 1. The van der Waals surface area contributed by atoms with E-state index in [4.69, 9.17) is 16.1 Å². The summed E-state index contributed by atoms with van der Waals surface area (Å²) in [4.78, 5) is 10.7. The molecule has 6 heteroatoms. The van der Waals surface area contributed by atoms with Crippen LogP contribution in [0.5, 0.6) is 0 Å². The van der Waals surface area contributed by atoms with Crippen molar-refractivity contribution in [3.05, 3.63) is 41.6 Å². The number of nitriles is 1. The van der Waals surface area contributed by atoms with E-state index in [2.05, 4.69) is 5.10 Å². The lowest BCUT2D eigenvalue weighted by molar-refractivity contribution is -0.136. The first-order chi connectivity index (χ1) is 8.63. The molecule has 0 aliphatic rings. The van der Waals surface area contributed by atoms with Crippen LogP contribution in [0.25, 0.3) is 5.69 Å². The predicted octanol–water partition coefficient (Wildman–Crippen LogP) is 0.953. The van der Waals surface area contributed by atoms with Crippen LogP contribution in [0.15, 0.2) is 30.3 Å². The monoisotopic (exact) mass is 242 g/mol. The van der Waals surface area contributed by atoms with Gasteiger partial charge in [0.15, 0.2) is 0 Å². The smallest absolute Gasteiger partial charge is 0.309 e. The molecule has 0 bridgehead atoms. The molecular formula is C12H10N4O2. The van der Waals surface area contributed by atoms with Crippen LogP contribution in [0.2, 0.25) is 0 Å². The van der Waals surface area contributed by atoms with Crippen molar-refractivity contribution in [1.82, 2.24) is 9.78 Å². The second-order valence-electron chi connectivity index (χ2n) is 3.64. The Morgan fingerprint density at radius 2 is 2.11 bits per heavy atom. The van der Waals surface area contributed by atoms with Gasteiger partial charge in [0.05, 0.1) is 17.8 Å². The average molecular weight is 242 g/mol. The Balaban J connectivity index is 2.54. The molecule has 90 valence electrons. The molecule has 0 aliphatic carbocycles. The molecule has 0 unspecified atom stereocenters. The maximum absolute atomic E-state index is 10.7. The lowest BCUT2D eigenvalue weighted by Crippen LogP contribution is -2.03. The van der Waals surface area contributed by atoms with Crippen molar-refractivity contribution < 1.29 is 9.90 Å². The Kier molecular flexibility index (Phi) is 2.98. The third kappa shape index (κ3) is 2.01. The van der Waals surface area contributed by atoms with E-state index in [1.165, 1.54) is 4.68 Å². The van der Waals surface area contributed by atoms with Gasteiger partial charge in [-0.3, -0.25) is 4.79 Å². The zero-order chi connectivity index (χ0) is 13.1. The standard InChI is InChI=1S/C12H10N4O2/c13-7-9-10(6-11(17)18)15-16(12(9)14)8-4-2-1-3-5-8/h1-5H,6,14H2,(H,17,18). The summed E-state index contributed by atoms with van der Waals surface area (Å²) >= 11 is 0. The number of aliphatic carboxylic acids is 1. The average Bonchev–Trinajstić information content (AvgIpc) is 2.66. The van der Waals surface area contributed by atoms with Crippen molar-refractivity contribution in [2.75, 3.05) is 5.73 Å². The fourth-order valence-corrected chi connectivity index (χ4v) is 1.63. The van der Waals surface area contributed by atoms with E-state index in [1.807, 2.05) is 12.1 Å². The van der Waals surface area contributed by atoms with Crippen molar-refractivity contribution >= 4 is 11.8 Å². The summed E-state index contributed by atoms with van der Waals surface area (Å²) in [5, 5.41) is 21.8. The molecule has 0 amide bonds. The number of hydrogen-bond acceptors (Lipinski definition) is 4. The molecule has 3 N–H and O–H groups in total. The molecule has 18 heavy (non-hydrogen) atoms. The van der Waals surface area contributed by atoms with E-state index >= 15 is 0 Å². The summed E-state index contributed by atoms with van der Waals surface area (Å²) < 4.78 is 1.37. The van der Waals surface area contributed by atoms with Crippen LogP contribution in [0.1, 0.15) is 11.3 Å². The summed E-state index contributed by atoms with van der Waals surface area (Å²) in [6.07, 6.45) is -0.326. The van der Waals surface area contributed by atoms with E-state index in [1.54, 1.807) is 24.3 Å². The van der Waals surface area contributed by atoms with Gasteiger partial charge in [-0.1, -0.05) is 18.2 Å². The van der Waals surface area contributed by atoms with Gasteiger partial charge in [-0.15, -0.1) is 0 Å². The highest BCUT2D eigenvalue weighted by Gasteiger charge is 2.18. The number of para-hydroxylation sites is 1. The number of nitrogen functional groups attached to an aromatic ring is 1. The molecule has 6 nitrogen and oxygen atoms in total. The summed E-state index contributed by atoms with van der Waals surface area (Å²) in [6.45, 7) is 0. The molecule has 1 heterocycles. The van der Waals surface area contributed by atoms with Gasteiger partial charge in [0, 0.05) is 0 Å². The number of rotatable bonds is 3. The molecule has 0 spiro atoms. The first-order valence-corrected chi connectivity index (χ1v) is 5.18. The summed E-state index contributed by atoms with van der Waals surface area (Å²) in [7, 11) is 0. The summed E-state index contributed by atoms with van der Waals surface area (Å²) in [5.41, 5.74) is 6.78. The number of carboxylic acids is 1.